The normalized spacial score (nSPS) is 12.6. The zero-order chi connectivity index (χ0) is 29.8. The SMILES string of the molecule is Cc1cc([C@H](C)Nc2ccccc2C(=O)OC(C)(C)C)c2nc(-c3cnc4c(c3)c(C)c(C)n4C)c(C)c(=O)n2c1. The number of fused-ring (bicyclic) bond motifs is 2. The molecular weight excluding hydrogens is 514 g/mol. The number of para-hydroxylation sites is 1. The standard InChI is InChI=1S/C33H37N5O3/c1-18-14-26(21(4)35-27-13-11-10-12-24(27)32(40)41-33(6,7)8)30-36-28(20(3)31(39)38(30)17-18)23-15-25-19(2)22(5)37(9)29(25)34-16-23/h10-17,21,35H,1-9H3/t21-/m0/s1. The molecule has 1 aromatic carbocycles. The molecule has 0 saturated heterocycles. The van der Waals surface area contributed by atoms with Crippen LogP contribution in [-0.2, 0) is 11.8 Å². The minimum Gasteiger partial charge on any atom is -0.456 e. The summed E-state index contributed by atoms with van der Waals surface area (Å²) in [6.07, 6.45) is 3.61. The number of ether oxygens (including phenoxy) is 1. The van der Waals surface area contributed by atoms with Crippen molar-refractivity contribution in [2.75, 3.05) is 5.32 Å². The summed E-state index contributed by atoms with van der Waals surface area (Å²) in [6, 6.07) is 11.1. The van der Waals surface area contributed by atoms with Crippen LogP contribution in [0.4, 0.5) is 5.69 Å². The van der Waals surface area contributed by atoms with E-state index in [-0.39, 0.29) is 11.6 Å². The molecule has 212 valence electrons. The highest BCUT2D eigenvalue weighted by Gasteiger charge is 2.23. The number of benzene rings is 1. The molecule has 0 aliphatic rings. The predicted molar refractivity (Wildman–Crippen MR) is 164 cm³/mol. The van der Waals surface area contributed by atoms with Crippen molar-refractivity contribution in [2.24, 2.45) is 7.05 Å². The number of nitrogens with one attached hydrogen (secondary N) is 1. The Labute approximate surface area is 240 Å². The molecule has 0 fully saturated rings. The lowest BCUT2D eigenvalue weighted by Crippen LogP contribution is -2.25. The molecular formula is C33H37N5O3. The monoisotopic (exact) mass is 551 g/mol. The van der Waals surface area contributed by atoms with Crippen LogP contribution in [-0.4, -0.2) is 30.5 Å². The third-order valence-electron chi connectivity index (χ3n) is 7.61. The van der Waals surface area contributed by atoms with Gasteiger partial charge in [0, 0.05) is 52.9 Å². The quantitative estimate of drug-likeness (QED) is 0.247. The first-order chi connectivity index (χ1) is 19.3. The molecule has 0 radical (unpaired) electrons. The van der Waals surface area contributed by atoms with Crippen LogP contribution in [0.3, 0.4) is 0 Å². The highest BCUT2D eigenvalue weighted by atomic mass is 16.6. The van der Waals surface area contributed by atoms with Crippen molar-refractivity contribution in [3.8, 4) is 11.3 Å². The summed E-state index contributed by atoms with van der Waals surface area (Å²) in [5.74, 6) is -0.400. The van der Waals surface area contributed by atoms with Crippen LogP contribution in [0, 0.1) is 27.7 Å². The van der Waals surface area contributed by atoms with E-state index in [0.29, 0.717) is 28.2 Å². The lowest BCUT2D eigenvalue weighted by molar-refractivity contribution is 0.00706. The van der Waals surface area contributed by atoms with Crippen LogP contribution in [0.5, 0.6) is 0 Å². The fourth-order valence-corrected chi connectivity index (χ4v) is 5.26. The van der Waals surface area contributed by atoms with E-state index in [9.17, 15) is 9.59 Å². The summed E-state index contributed by atoms with van der Waals surface area (Å²) < 4.78 is 9.33. The van der Waals surface area contributed by atoms with Crippen molar-refractivity contribution in [2.45, 2.75) is 67.0 Å². The van der Waals surface area contributed by atoms with E-state index in [0.717, 1.165) is 39.0 Å². The summed E-state index contributed by atoms with van der Waals surface area (Å²) in [5, 5.41) is 4.52. The molecule has 0 aliphatic heterocycles. The third-order valence-corrected chi connectivity index (χ3v) is 7.61. The molecule has 4 heterocycles. The largest absolute Gasteiger partial charge is 0.456 e. The Kier molecular flexibility index (Phi) is 6.97. The molecule has 0 bridgehead atoms. The van der Waals surface area contributed by atoms with Gasteiger partial charge in [-0.05, 0) is 90.8 Å². The fourth-order valence-electron chi connectivity index (χ4n) is 5.26. The topological polar surface area (TPSA) is 90.5 Å². The van der Waals surface area contributed by atoms with Gasteiger partial charge in [0.2, 0.25) is 0 Å². The molecule has 0 saturated carbocycles. The first-order valence-electron chi connectivity index (χ1n) is 13.8. The van der Waals surface area contributed by atoms with Crippen LogP contribution < -0.4 is 10.9 Å². The molecule has 5 aromatic rings. The number of rotatable bonds is 5. The smallest absolute Gasteiger partial charge is 0.340 e. The Morgan fingerprint density at radius 3 is 2.44 bits per heavy atom. The number of anilines is 1. The number of aryl methyl sites for hydroxylation is 3. The number of carbonyl (C=O) groups is 1. The van der Waals surface area contributed by atoms with E-state index in [1.165, 1.54) is 0 Å². The van der Waals surface area contributed by atoms with E-state index >= 15 is 0 Å². The number of hydrogen-bond donors (Lipinski definition) is 1. The Morgan fingerprint density at radius 1 is 1.02 bits per heavy atom. The zero-order valence-corrected chi connectivity index (χ0v) is 25.2. The maximum Gasteiger partial charge on any atom is 0.340 e. The highest BCUT2D eigenvalue weighted by Crippen LogP contribution is 2.31. The summed E-state index contributed by atoms with van der Waals surface area (Å²) in [6.45, 7) is 15.5. The Balaban J connectivity index is 1.63. The Hall–Kier alpha value is -4.46. The molecule has 8 heteroatoms. The van der Waals surface area contributed by atoms with Crippen LogP contribution in [0.2, 0.25) is 0 Å². The molecule has 8 nitrogen and oxygen atoms in total. The van der Waals surface area contributed by atoms with E-state index < -0.39 is 11.6 Å². The number of carbonyl (C=O) groups excluding carboxylic acids is 1. The number of pyridine rings is 2. The first-order valence-corrected chi connectivity index (χ1v) is 13.8. The van der Waals surface area contributed by atoms with E-state index in [2.05, 4.69) is 29.8 Å². The van der Waals surface area contributed by atoms with Crippen LogP contribution in [0.15, 0.2) is 53.6 Å². The average Bonchev–Trinajstić information content (AvgIpc) is 3.13. The van der Waals surface area contributed by atoms with Crippen LogP contribution in [0.25, 0.3) is 27.9 Å². The fraction of sp³-hybridized carbons (Fsp3) is 0.333. The van der Waals surface area contributed by atoms with E-state index in [1.54, 1.807) is 16.7 Å². The van der Waals surface area contributed by atoms with Gasteiger partial charge in [0.05, 0.1) is 17.3 Å². The molecule has 4 aromatic heterocycles. The van der Waals surface area contributed by atoms with Crippen molar-refractivity contribution in [3.63, 3.8) is 0 Å². The lowest BCUT2D eigenvalue weighted by Gasteiger charge is -2.23. The molecule has 0 aliphatic carbocycles. The van der Waals surface area contributed by atoms with Gasteiger partial charge < -0.3 is 14.6 Å². The van der Waals surface area contributed by atoms with Gasteiger partial charge in [0.15, 0.2) is 0 Å². The number of aromatic nitrogens is 4. The minimum atomic E-state index is -0.614. The predicted octanol–water partition coefficient (Wildman–Crippen LogP) is 6.61. The Morgan fingerprint density at radius 2 is 1.73 bits per heavy atom. The van der Waals surface area contributed by atoms with Crippen LogP contribution in [0.1, 0.15) is 72.0 Å². The van der Waals surface area contributed by atoms with Crippen molar-refractivity contribution in [1.29, 1.82) is 0 Å². The maximum absolute atomic E-state index is 13.7. The Bertz CT molecular complexity index is 1890. The van der Waals surface area contributed by atoms with Crippen molar-refractivity contribution in [3.05, 3.63) is 92.7 Å². The van der Waals surface area contributed by atoms with Gasteiger partial charge in [0.25, 0.3) is 5.56 Å². The summed E-state index contributed by atoms with van der Waals surface area (Å²) in [7, 11) is 2.01. The van der Waals surface area contributed by atoms with Gasteiger partial charge in [0.1, 0.15) is 16.9 Å². The van der Waals surface area contributed by atoms with E-state index in [4.69, 9.17) is 14.7 Å². The minimum absolute atomic E-state index is 0.127. The first kappa shape index (κ1) is 28.1. The second-order valence-corrected chi connectivity index (χ2v) is 11.8. The second-order valence-electron chi connectivity index (χ2n) is 11.8. The number of hydrogen-bond acceptors (Lipinski definition) is 6. The van der Waals surface area contributed by atoms with Gasteiger partial charge >= 0.3 is 5.97 Å². The van der Waals surface area contributed by atoms with Gasteiger partial charge in [-0.15, -0.1) is 0 Å². The maximum atomic E-state index is 13.7. The average molecular weight is 552 g/mol. The lowest BCUT2D eigenvalue weighted by atomic mass is 10.0. The van der Waals surface area contributed by atoms with Crippen molar-refractivity contribution < 1.29 is 9.53 Å². The molecule has 5 rings (SSSR count). The number of esters is 1. The summed E-state index contributed by atoms with van der Waals surface area (Å²) in [4.78, 5) is 36.4. The summed E-state index contributed by atoms with van der Waals surface area (Å²) >= 11 is 0. The van der Waals surface area contributed by atoms with Gasteiger partial charge in [-0.1, -0.05) is 12.1 Å². The highest BCUT2D eigenvalue weighted by molar-refractivity contribution is 5.96. The summed E-state index contributed by atoms with van der Waals surface area (Å²) in [5.41, 5.74) is 7.83. The van der Waals surface area contributed by atoms with Crippen molar-refractivity contribution >= 4 is 28.3 Å². The molecule has 1 N–H and O–H groups in total. The molecule has 0 unspecified atom stereocenters. The third kappa shape index (κ3) is 5.10. The molecule has 1 atom stereocenters. The molecule has 0 spiro atoms. The van der Waals surface area contributed by atoms with Gasteiger partial charge in [-0.2, -0.15) is 0 Å². The molecule has 0 amide bonds. The zero-order valence-electron chi connectivity index (χ0n) is 25.2. The number of nitrogens with zero attached hydrogens (tertiary/aromatic N) is 4. The van der Waals surface area contributed by atoms with Crippen LogP contribution >= 0.6 is 0 Å². The van der Waals surface area contributed by atoms with E-state index in [1.807, 2.05) is 79.1 Å². The second kappa shape index (κ2) is 10.2. The van der Waals surface area contributed by atoms with Gasteiger partial charge in [-0.25, -0.2) is 14.8 Å². The molecule has 41 heavy (non-hydrogen) atoms. The van der Waals surface area contributed by atoms with Gasteiger partial charge in [-0.3, -0.25) is 9.20 Å². The van der Waals surface area contributed by atoms with Crippen molar-refractivity contribution in [1.82, 2.24) is 18.9 Å².